The van der Waals surface area contributed by atoms with Crippen LogP contribution in [0.4, 0.5) is 17.1 Å². The van der Waals surface area contributed by atoms with E-state index in [9.17, 15) is 9.59 Å². The van der Waals surface area contributed by atoms with Gasteiger partial charge >= 0.3 is 5.97 Å². The van der Waals surface area contributed by atoms with E-state index in [1.54, 1.807) is 54.7 Å². The van der Waals surface area contributed by atoms with E-state index < -0.39 is 5.97 Å². The Kier molecular flexibility index (Phi) is 5.91. The molecule has 0 saturated heterocycles. The molecule has 6 nitrogen and oxygen atoms in total. The van der Waals surface area contributed by atoms with Crippen LogP contribution >= 0.6 is 11.6 Å². The second-order valence-electron chi connectivity index (χ2n) is 6.07. The molecular formula is C21H18ClN3O3. The van der Waals surface area contributed by atoms with Gasteiger partial charge in [0.2, 0.25) is 0 Å². The summed E-state index contributed by atoms with van der Waals surface area (Å²) in [5.41, 5.74) is 3.81. The quantitative estimate of drug-likeness (QED) is 0.605. The smallest absolute Gasteiger partial charge is 0.337 e. The van der Waals surface area contributed by atoms with Gasteiger partial charge in [0.1, 0.15) is 0 Å². The Balaban J connectivity index is 1.72. The van der Waals surface area contributed by atoms with E-state index in [4.69, 9.17) is 11.6 Å². The number of hydrogen-bond acceptors (Lipinski definition) is 5. The first-order valence-electron chi connectivity index (χ1n) is 8.44. The first-order valence-corrected chi connectivity index (χ1v) is 8.82. The van der Waals surface area contributed by atoms with Gasteiger partial charge in [-0.2, -0.15) is 0 Å². The molecule has 1 aromatic heterocycles. The summed E-state index contributed by atoms with van der Waals surface area (Å²) in [6.45, 7) is 1.87. The van der Waals surface area contributed by atoms with Gasteiger partial charge in [0, 0.05) is 22.6 Å². The first-order chi connectivity index (χ1) is 13.5. The number of nitrogens with one attached hydrogen (secondary N) is 2. The van der Waals surface area contributed by atoms with Crippen LogP contribution in [0.3, 0.4) is 0 Å². The van der Waals surface area contributed by atoms with Crippen molar-refractivity contribution in [3.63, 3.8) is 0 Å². The highest BCUT2D eigenvalue weighted by Crippen LogP contribution is 2.21. The monoisotopic (exact) mass is 395 g/mol. The number of hydrogen-bond donors (Lipinski definition) is 2. The number of benzene rings is 2. The predicted molar refractivity (Wildman–Crippen MR) is 109 cm³/mol. The van der Waals surface area contributed by atoms with E-state index in [1.165, 1.54) is 13.3 Å². The highest BCUT2D eigenvalue weighted by atomic mass is 35.5. The molecule has 0 spiro atoms. The maximum atomic E-state index is 12.5. The van der Waals surface area contributed by atoms with Gasteiger partial charge in [-0.3, -0.25) is 9.78 Å². The molecule has 0 radical (unpaired) electrons. The Morgan fingerprint density at radius 2 is 1.71 bits per heavy atom. The fraction of sp³-hybridized carbons (Fsp3) is 0.0952. The summed E-state index contributed by atoms with van der Waals surface area (Å²) in [6.07, 6.45) is 3.10. The van der Waals surface area contributed by atoms with Crippen molar-refractivity contribution in [1.82, 2.24) is 4.98 Å². The Bertz CT molecular complexity index is 1020. The molecule has 0 aliphatic carbocycles. The van der Waals surface area contributed by atoms with E-state index in [0.29, 0.717) is 27.5 Å². The van der Waals surface area contributed by atoms with Crippen molar-refractivity contribution in [1.29, 1.82) is 0 Å². The van der Waals surface area contributed by atoms with Crippen molar-refractivity contribution < 1.29 is 14.3 Å². The number of halogens is 1. The van der Waals surface area contributed by atoms with E-state index in [0.717, 1.165) is 11.3 Å². The lowest BCUT2D eigenvalue weighted by Gasteiger charge is -2.10. The van der Waals surface area contributed by atoms with Crippen molar-refractivity contribution in [2.24, 2.45) is 0 Å². The molecule has 0 aliphatic heterocycles. The molecule has 28 heavy (non-hydrogen) atoms. The molecule has 3 rings (SSSR count). The number of pyridine rings is 1. The summed E-state index contributed by atoms with van der Waals surface area (Å²) in [5.74, 6) is -0.674. The van der Waals surface area contributed by atoms with Gasteiger partial charge in [-0.1, -0.05) is 11.6 Å². The average Bonchev–Trinajstić information content (AvgIpc) is 2.70. The maximum Gasteiger partial charge on any atom is 0.337 e. The van der Waals surface area contributed by atoms with Gasteiger partial charge in [0.25, 0.3) is 5.91 Å². The number of aryl methyl sites for hydroxylation is 1. The molecular weight excluding hydrogens is 378 g/mol. The zero-order valence-corrected chi connectivity index (χ0v) is 16.1. The van der Waals surface area contributed by atoms with Crippen molar-refractivity contribution in [3.8, 4) is 0 Å². The third-order valence-electron chi connectivity index (χ3n) is 4.03. The number of aromatic nitrogens is 1. The third-order valence-corrected chi connectivity index (χ3v) is 4.27. The topological polar surface area (TPSA) is 80.3 Å². The molecule has 2 aromatic carbocycles. The van der Waals surface area contributed by atoms with Crippen molar-refractivity contribution >= 4 is 40.5 Å². The predicted octanol–water partition coefficient (Wildman–Crippen LogP) is 4.83. The zero-order valence-electron chi connectivity index (χ0n) is 15.3. The van der Waals surface area contributed by atoms with Crippen LogP contribution in [0.2, 0.25) is 5.02 Å². The highest BCUT2D eigenvalue weighted by molar-refractivity contribution is 6.30. The largest absolute Gasteiger partial charge is 0.465 e. The van der Waals surface area contributed by atoms with Gasteiger partial charge < -0.3 is 15.4 Å². The molecule has 0 bridgehead atoms. The molecule has 0 aliphatic rings. The Morgan fingerprint density at radius 3 is 2.39 bits per heavy atom. The number of anilines is 3. The van der Waals surface area contributed by atoms with E-state index >= 15 is 0 Å². The van der Waals surface area contributed by atoms with Crippen LogP contribution in [0.1, 0.15) is 26.3 Å². The van der Waals surface area contributed by atoms with E-state index in [1.807, 2.05) is 6.92 Å². The summed E-state index contributed by atoms with van der Waals surface area (Å²) in [4.78, 5) is 28.2. The van der Waals surface area contributed by atoms with Crippen LogP contribution in [0.25, 0.3) is 0 Å². The summed E-state index contributed by atoms with van der Waals surface area (Å²) in [7, 11) is 1.34. The minimum Gasteiger partial charge on any atom is -0.465 e. The Labute approximate surface area is 167 Å². The number of nitrogens with zero attached hydrogens (tertiary/aromatic N) is 1. The number of ether oxygens (including phenoxy) is 1. The summed E-state index contributed by atoms with van der Waals surface area (Å²) in [5, 5.41) is 6.62. The lowest BCUT2D eigenvalue weighted by molar-refractivity contribution is 0.0600. The summed E-state index contributed by atoms with van der Waals surface area (Å²) >= 11 is 5.95. The lowest BCUT2D eigenvalue weighted by atomic mass is 10.1. The van der Waals surface area contributed by atoms with Crippen LogP contribution in [-0.2, 0) is 4.74 Å². The van der Waals surface area contributed by atoms with Gasteiger partial charge in [-0.25, -0.2) is 4.79 Å². The summed E-state index contributed by atoms with van der Waals surface area (Å²) in [6, 6.07) is 13.8. The van der Waals surface area contributed by atoms with E-state index in [-0.39, 0.29) is 5.91 Å². The minimum absolute atomic E-state index is 0.275. The van der Waals surface area contributed by atoms with Crippen LogP contribution in [0.15, 0.2) is 60.9 Å². The number of amides is 1. The molecule has 2 N–H and O–H groups in total. The van der Waals surface area contributed by atoms with Crippen molar-refractivity contribution in [3.05, 3.63) is 82.6 Å². The van der Waals surface area contributed by atoms with Crippen LogP contribution in [-0.4, -0.2) is 24.0 Å². The normalized spacial score (nSPS) is 10.2. The van der Waals surface area contributed by atoms with Crippen LogP contribution < -0.4 is 10.6 Å². The second kappa shape index (κ2) is 8.54. The van der Waals surface area contributed by atoms with Crippen LogP contribution in [0.5, 0.6) is 0 Å². The SMILES string of the molecule is COC(=O)c1ccc(Nc2cncc(C(=O)Nc3ccc(Cl)cc3C)c2)cc1. The second-order valence-corrected chi connectivity index (χ2v) is 6.51. The van der Waals surface area contributed by atoms with Gasteiger partial charge in [-0.15, -0.1) is 0 Å². The number of carbonyl (C=O) groups excluding carboxylic acids is 2. The van der Waals surface area contributed by atoms with Crippen molar-refractivity contribution in [2.45, 2.75) is 6.92 Å². The molecule has 0 fully saturated rings. The van der Waals surface area contributed by atoms with Gasteiger partial charge in [-0.05, 0) is 61.0 Å². The molecule has 3 aromatic rings. The van der Waals surface area contributed by atoms with E-state index in [2.05, 4.69) is 20.4 Å². The summed E-state index contributed by atoms with van der Waals surface area (Å²) < 4.78 is 4.68. The average molecular weight is 396 g/mol. The number of rotatable bonds is 5. The number of esters is 1. The molecule has 0 saturated carbocycles. The Morgan fingerprint density at radius 1 is 0.964 bits per heavy atom. The number of methoxy groups -OCH3 is 1. The maximum absolute atomic E-state index is 12.5. The van der Waals surface area contributed by atoms with Gasteiger partial charge in [0.05, 0.1) is 30.1 Å². The zero-order chi connectivity index (χ0) is 20.1. The first kappa shape index (κ1) is 19.4. The van der Waals surface area contributed by atoms with Crippen molar-refractivity contribution in [2.75, 3.05) is 17.7 Å². The molecule has 0 atom stereocenters. The third kappa shape index (κ3) is 4.66. The lowest BCUT2D eigenvalue weighted by Crippen LogP contribution is -2.13. The fourth-order valence-corrected chi connectivity index (χ4v) is 2.80. The number of carbonyl (C=O) groups is 2. The standard InChI is InChI=1S/C21H18ClN3O3/c1-13-9-16(22)5-8-19(13)25-20(26)15-10-18(12-23-11-15)24-17-6-3-14(4-7-17)21(27)28-2/h3-12,24H,1-2H3,(H,25,26). The highest BCUT2D eigenvalue weighted by Gasteiger charge is 2.10. The molecule has 142 valence electrons. The minimum atomic E-state index is -0.399. The fourth-order valence-electron chi connectivity index (χ4n) is 2.57. The Hall–Kier alpha value is -3.38. The molecule has 7 heteroatoms. The van der Waals surface area contributed by atoms with Crippen LogP contribution in [0, 0.1) is 6.92 Å². The molecule has 1 amide bonds. The molecule has 1 heterocycles. The molecule has 0 unspecified atom stereocenters. The van der Waals surface area contributed by atoms with Gasteiger partial charge in [0.15, 0.2) is 0 Å².